The number of thiophene rings is 1. The lowest BCUT2D eigenvalue weighted by atomic mass is 9.97. The lowest BCUT2D eigenvalue weighted by Gasteiger charge is -2.14. The number of hydrogen-bond acceptors (Lipinski definition) is 4. The molecule has 2 aromatic heterocycles. The van der Waals surface area contributed by atoms with Gasteiger partial charge in [-0.2, -0.15) is 0 Å². The Hall–Kier alpha value is -2.67. The Bertz CT molecular complexity index is 1440. The van der Waals surface area contributed by atoms with Crippen LogP contribution in [0.1, 0.15) is 28.8 Å². The van der Waals surface area contributed by atoms with Crippen molar-refractivity contribution in [3.63, 3.8) is 0 Å². The molecule has 2 heterocycles. The Morgan fingerprint density at radius 3 is 2.64 bits per heavy atom. The van der Waals surface area contributed by atoms with E-state index in [1.54, 1.807) is 29.5 Å². The minimum atomic E-state index is -0.352. The number of aryl methyl sites for hydroxylation is 3. The van der Waals surface area contributed by atoms with Crippen molar-refractivity contribution >= 4 is 56.3 Å². The highest BCUT2D eigenvalue weighted by molar-refractivity contribution is 7.18. The molecule has 1 aliphatic carbocycles. The number of anilines is 1. The number of halogens is 2. The summed E-state index contributed by atoms with van der Waals surface area (Å²) in [6.07, 6.45) is 4.05. The third-order valence-electron chi connectivity index (χ3n) is 5.80. The molecule has 1 aliphatic rings. The summed E-state index contributed by atoms with van der Waals surface area (Å²) in [6.45, 7) is 1.82. The molecule has 168 valence electrons. The van der Waals surface area contributed by atoms with Crippen LogP contribution >= 0.6 is 34.5 Å². The number of rotatable bonds is 4. The quantitative estimate of drug-likeness (QED) is 0.361. The molecule has 8 heteroatoms. The molecule has 5 nitrogen and oxygen atoms in total. The van der Waals surface area contributed by atoms with E-state index in [4.69, 9.17) is 28.2 Å². The zero-order chi connectivity index (χ0) is 23.1. The standard InChI is InChI=1S/C25H21Cl2N3O2S/c1-14-5-4-6-15(9-14)23-29-24-22(19-7-2-3-8-20(19)33-24)25(32)30(23)13-21(31)28-18-11-16(26)10-17(27)12-18/h4-6,9-12H,2-3,7-8,13H2,1H3,(H,28,31). The van der Waals surface area contributed by atoms with Crippen LogP contribution in [0, 0.1) is 6.92 Å². The van der Waals surface area contributed by atoms with Crippen molar-refractivity contribution in [1.29, 1.82) is 0 Å². The number of nitrogens with one attached hydrogen (secondary N) is 1. The number of benzene rings is 2. The van der Waals surface area contributed by atoms with Gasteiger partial charge in [-0.15, -0.1) is 11.3 Å². The minimum absolute atomic E-state index is 0.167. The van der Waals surface area contributed by atoms with E-state index in [9.17, 15) is 9.59 Å². The molecule has 0 aliphatic heterocycles. The lowest BCUT2D eigenvalue weighted by Crippen LogP contribution is -2.30. The van der Waals surface area contributed by atoms with Gasteiger partial charge in [0.05, 0.1) is 5.39 Å². The van der Waals surface area contributed by atoms with Crippen molar-refractivity contribution in [2.24, 2.45) is 0 Å². The fraction of sp³-hybridized carbons (Fsp3) is 0.240. The fourth-order valence-electron chi connectivity index (χ4n) is 4.36. The molecule has 33 heavy (non-hydrogen) atoms. The van der Waals surface area contributed by atoms with Crippen LogP contribution < -0.4 is 10.9 Å². The molecule has 0 atom stereocenters. The first-order valence-corrected chi connectivity index (χ1v) is 12.3. The van der Waals surface area contributed by atoms with Gasteiger partial charge in [0, 0.05) is 26.2 Å². The summed E-state index contributed by atoms with van der Waals surface area (Å²) in [5.74, 6) is 0.142. The topological polar surface area (TPSA) is 64.0 Å². The monoisotopic (exact) mass is 497 g/mol. The van der Waals surface area contributed by atoms with E-state index in [-0.39, 0.29) is 18.0 Å². The highest BCUT2D eigenvalue weighted by Gasteiger charge is 2.23. The predicted octanol–water partition coefficient (Wildman–Crippen LogP) is 6.26. The van der Waals surface area contributed by atoms with E-state index >= 15 is 0 Å². The third kappa shape index (κ3) is 4.43. The second-order valence-corrected chi connectivity index (χ2v) is 10.3. The van der Waals surface area contributed by atoms with Crippen molar-refractivity contribution in [2.45, 2.75) is 39.2 Å². The number of aromatic nitrogens is 2. The molecular weight excluding hydrogens is 477 g/mol. The number of carbonyl (C=O) groups excluding carboxylic acids is 1. The van der Waals surface area contributed by atoms with Gasteiger partial charge in [0.25, 0.3) is 5.56 Å². The maximum absolute atomic E-state index is 13.7. The van der Waals surface area contributed by atoms with E-state index in [0.717, 1.165) is 47.2 Å². The van der Waals surface area contributed by atoms with Gasteiger partial charge in [-0.1, -0.05) is 47.0 Å². The molecule has 1 amide bonds. The average molecular weight is 498 g/mol. The van der Waals surface area contributed by atoms with E-state index < -0.39 is 0 Å². The van der Waals surface area contributed by atoms with Gasteiger partial charge in [0.15, 0.2) is 0 Å². The summed E-state index contributed by atoms with van der Waals surface area (Å²) >= 11 is 13.7. The second-order valence-electron chi connectivity index (χ2n) is 8.29. The molecular formula is C25H21Cl2N3O2S. The molecule has 2 aromatic carbocycles. The first kappa shape index (κ1) is 22.1. The molecule has 4 aromatic rings. The molecule has 0 spiro atoms. The first-order valence-electron chi connectivity index (χ1n) is 10.8. The summed E-state index contributed by atoms with van der Waals surface area (Å²) in [4.78, 5) is 33.6. The summed E-state index contributed by atoms with van der Waals surface area (Å²) < 4.78 is 1.49. The Labute approximate surface area is 205 Å². The maximum atomic E-state index is 13.7. The number of carbonyl (C=O) groups is 1. The van der Waals surface area contributed by atoms with Crippen LogP contribution in [-0.2, 0) is 24.2 Å². The highest BCUT2D eigenvalue weighted by atomic mass is 35.5. The average Bonchev–Trinajstić information content (AvgIpc) is 3.13. The van der Waals surface area contributed by atoms with E-state index in [0.29, 0.717) is 26.9 Å². The Kier molecular flexibility index (Phi) is 5.99. The molecule has 0 unspecified atom stereocenters. The van der Waals surface area contributed by atoms with Crippen molar-refractivity contribution in [2.75, 3.05) is 5.32 Å². The molecule has 5 rings (SSSR count). The van der Waals surface area contributed by atoms with E-state index in [1.807, 2.05) is 31.2 Å². The SMILES string of the molecule is Cc1cccc(-c2nc3sc4c(c3c(=O)n2CC(=O)Nc2cc(Cl)cc(Cl)c2)CCCC4)c1. The van der Waals surface area contributed by atoms with Crippen LogP contribution in [0.15, 0.2) is 47.3 Å². The predicted molar refractivity (Wildman–Crippen MR) is 136 cm³/mol. The molecule has 0 bridgehead atoms. The summed E-state index contributed by atoms with van der Waals surface area (Å²) in [5, 5.41) is 4.30. The van der Waals surface area contributed by atoms with Gasteiger partial charge in [-0.25, -0.2) is 4.98 Å². The number of amides is 1. The van der Waals surface area contributed by atoms with Gasteiger partial charge in [-0.05, 0) is 62.4 Å². The van der Waals surface area contributed by atoms with Crippen LogP contribution in [0.25, 0.3) is 21.6 Å². The first-order chi connectivity index (χ1) is 15.9. The van der Waals surface area contributed by atoms with E-state index in [2.05, 4.69) is 5.32 Å². The second kappa shape index (κ2) is 8.93. The third-order valence-corrected chi connectivity index (χ3v) is 7.42. The fourth-order valence-corrected chi connectivity index (χ4v) is 6.14. The van der Waals surface area contributed by atoms with Crippen LogP contribution in [0.4, 0.5) is 5.69 Å². The summed E-state index contributed by atoms with van der Waals surface area (Å²) in [5.41, 5.74) is 3.26. The zero-order valence-corrected chi connectivity index (χ0v) is 20.3. The van der Waals surface area contributed by atoms with Crippen LogP contribution in [0.5, 0.6) is 0 Å². The van der Waals surface area contributed by atoms with Gasteiger partial charge >= 0.3 is 0 Å². The van der Waals surface area contributed by atoms with Gasteiger partial charge in [0.2, 0.25) is 5.91 Å². The minimum Gasteiger partial charge on any atom is -0.324 e. The van der Waals surface area contributed by atoms with Crippen LogP contribution in [0.2, 0.25) is 10.0 Å². The largest absolute Gasteiger partial charge is 0.324 e. The summed E-state index contributed by atoms with van der Waals surface area (Å²) in [7, 11) is 0. The zero-order valence-electron chi connectivity index (χ0n) is 18.0. The van der Waals surface area contributed by atoms with Gasteiger partial charge < -0.3 is 5.32 Å². The normalized spacial score (nSPS) is 13.2. The lowest BCUT2D eigenvalue weighted by molar-refractivity contribution is -0.116. The molecule has 0 saturated heterocycles. The smallest absolute Gasteiger partial charge is 0.263 e. The molecule has 0 radical (unpaired) electrons. The van der Waals surface area contributed by atoms with Gasteiger partial charge in [-0.3, -0.25) is 14.2 Å². The number of nitrogens with zero attached hydrogens (tertiary/aromatic N) is 2. The van der Waals surface area contributed by atoms with Crippen molar-refractivity contribution < 1.29 is 4.79 Å². The van der Waals surface area contributed by atoms with Crippen molar-refractivity contribution in [3.8, 4) is 11.4 Å². The van der Waals surface area contributed by atoms with E-state index in [1.165, 1.54) is 9.44 Å². The number of fused-ring (bicyclic) bond motifs is 3. The highest BCUT2D eigenvalue weighted by Crippen LogP contribution is 2.35. The molecule has 0 fully saturated rings. The van der Waals surface area contributed by atoms with Crippen LogP contribution in [0.3, 0.4) is 0 Å². The Balaban J connectivity index is 1.62. The van der Waals surface area contributed by atoms with Gasteiger partial charge in [0.1, 0.15) is 17.2 Å². The Morgan fingerprint density at radius 2 is 1.88 bits per heavy atom. The van der Waals surface area contributed by atoms with Crippen LogP contribution in [-0.4, -0.2) is 15.5 Å². The maximum Gasteiger partial charge on any atom is 0.263 e. The van der Waals surface area contributed by atoms with Crippen molar-refractivity contribution in [1.82, 2.24) is 9.55 Å². The summed E-state index contributed by atoms with van der Waals surface area (Å²) in [6, 6.07) is 12.6. The molecule has 1 N–H and O–H groups in total. The Morgan fingerprint density at radius 1 is 1.12 bits per heavy atom. The molecule has 0 saturated carbocycles. The number of hydrogen-bond donors (Lipinski definition) is 1. The van der Waals surface area contributed by atoms with Crippen molar-refractivity contribution in [3.05, 3.63) is 78.9 Å².